The molecule has 0 saturated carbocycles. The van der Waals surface area contributed by atoms with E-state index in [1.54, 1.807) is 6.92 Å². The van der Waals surface area contributed by atoms with E-state index >= 15 is 0 Å². The van der Waals surface area contributed by atoms with Gasteiger partial charge in [0.2, 0.25) is 5.91 Å². The van der Waals surface area contributed by atoms with Crippen molar-refractivity contribution in [2.45, 2.75) is 58.9 Å². The minimum absolute atomic E-state index is 0.0538. The molecule has 2 rings (SSSR count). The number of piperidine rings is 1. The monoisotopic (exact) mass is 363 g/mol. The molecule has 0 aromatic carbocycles. The average Bonchev–Trinajstić information content (AvgIpc) is 3.00. The SMILES string of the molecule is CC(=O)N1CCCCC1c1ccc(C(=O)NCCCC(C)(C)CO)n1C. The first-order chi connectivity index (χ1) is 12.3. The Bertz CT molecular complexity index is 636. The van der Waals surface area contributed by atoms with Gasteiger partial charge in [-0.3, -0.25) is 9.59 Å². The van der Waals surface area contributed by atoms with E-state index in [0.717, 1.165) is 44.3 Å². The van der Waals surface area contributed by atoms with Gasteiger partial charge >= 0.3 is 0 Å². The van der Waals surface area contributed by atoms with Gasteiger partial charge in [-0.1, -0.05) is 13.8 Å². The predicted molar refractivity (Wildman–Crippen MR) is 102 cm³/mol. The quantitative estimate of drug-likeness (QED) is 0.731. The van der Waals surface area contributed by atoms with Crippen molar-refractivity contribution in [1.82, 2.24) is 14.8 Å². The van der Waals surface area contributed by atoms with Crippen molar-refractivity contribution in [3.05, 3.63) is 23.5 Å². The number of aromatic nitrogens is 1. The highest BCUT2D eigenvalue weighted by molar-refractivity contribution is 5.92. The molecule has 1 aromatic rings. The molecule has 0 bridgehead atoms. The second-order valence-electron chi connectivity index (χ2n) is 8.11. The summed E-state index contributed by atoms with van der Waals surface area (Å²) in [5.74, 6) is -0.000798. The summed E-state index contributed by atoms with van der Waals surface area (Å²) in [7, 11) is 1.89. The summed E-state index contributed by atoms with van der Waals surface area (Å²) in [6, 6.07) is 3.86. The minimum Gasteiger partial charge on any atom is -0.396 e. The standard InChI is InChI=1S/C20H33N3O3/c1-15(25)23-13-6-5-8-17(23)16-9-10-18(22(16)4)19(26)21-12-7-11-20(2,3)14-24/h9-10,17,24H,5-8,11-14H2,1-4H3,(H,21,26). The number of nitrogens with zero attached hydrogens (tertiary/aromatic N) is 2. The van der Waals surface area contributed by atoms with Gasteiger partial charge < -0.3 is 19.9 Å². The van der Waals surface area contributed by atoms with Gasteiger partial charge in [-0.2, -0.15) is 0 Å². The molecule has 6 heteroatoms. The van der Waals surface area contributed by atoms with E-state index in [2.05, 4.69) is 5.32 Å². The van der Waals surface area contributed by atoms with Crippen molar-refractivity contribution in [1.29, 1.82) is 0 Å². The molecule has 1 saturated heterocycles. The fraction of sp³-hybridized carbons (Fsp3) is 0.700. The summed E-state index contributed by atoms with van der Waals surface area (Å²) >= 11 is 0. The highest BCUT2D eigenvalue weighted by Gasteiger charge is 2.28. The van der Waals surface area contributed by atoms with Gasteiger partial charge in [-0.15, -0.1) is 0 Å². The van der Waals surface area contributed by atoms with Gasteiger partial charge in [0.15, 0.2) is 0 Å². The zero-order valence-electron chi connectivity index (χ0n) is 16.5. The van der Waals surface area contributed by atoms with Gasteiger partial charge in [-0.25, -0.2) is 0 Å². The molecule has 0 radical (unpaired) electrons. The number of likely N-dealkylation sites (tertiary alicyclic amines) is 1. The van der Waals surface area contributed by atoms with Crippen molar-refractivity contribution in [3.8, 4) is 0 Å². The third-order valence-electron chi connectivity index (χ3n) is 5.39. The average molecular weight is 364 g/mol. The van der Waals surface area contributed by atoms with E-state index in [-0.39, 0.29) is 29.9 Å². The Hall–Kier alpha value is -1.82. The molecule has 1 unspecified atom stereocenters. The van der Waals surface area contributed by atoms with Gasteiger partial charge in [0.25, 0.3) is 5.91 Å². The van der Waals surface area contributed by atoms with Crippen molar-refractivity contribution in [2.24, 2.45) is 12.5 Å². The first-order valence-electron chi connectivity index (χ1n) is 9.59. The Morgan fingerprint density at radius 2 is 2.04 bits per heavy atom. The molecule has 146 valence electrons. The molecule has 1 aromatic heterocycles. The Balaban J connectivity index is 1.99. The van der Waals surface area contributed by atoms with E-state index in [1.165, 1.54) is 0 Å². The number of hydrogen-bond acceptors (Lipinski definition) is 3. The van der Waals surface area contributed by atoms with E-state index in [0.29, 0.717) is 12.2 Å². The van der Waals surface area contributed by atoms with Gasteiger partial charge in [-0.05, 0) is 49.7 Å². The second-order valence-corrected chi connectivity index (χ2v) is 8.11. The van der Waals surface area contributed by atoms with Gasteiger partial charge in [0, 0.05) is 39.4 Å². The maximum atomic E-state index is 12.5. The maximum absolute atomic E-state index is 12.5. The normalized spacial score (nSPS) is 18.0. The fourth-order valence-electron chi connectivity index (χ4n) is 3.64. The molecule has 1 fully saturated rings. The summed E-state index contributed by atoms with van der Waals surface area (Å²) in [5.41, 5.74) is 1.53. The van der Waals surface area contributed by atoms with Crippen molar-refractivity contribution in [3.63, 3.8) is 0 Å². The zero-order valence-corrected chi connectivity index (χ0v) is 16.5. The first-order valence-corrected chi connectivity index (χ1v) is 9.59. The number of amides is 2. The maximum Gasteiger partial charge on any atom is 0.267 e. The Labute approximate surface area is 156 Å². The van der Waals surface area contributed by atoms with Crippen LogP contribution in [-0.4, -0.2) is 46.1 Å². The number of aliphatic hydroxyl groups excluding tert-OH is 1. The molecule has 1 atom stereocenters. The lowest BCUT2D eigenvalue weighted by Crippen LogP contribution is -2.38. The molecular formula is C20H33N3O3. The summed E-state index contributed by atoms with van der Waals surface area (Å²) in [5, 5.41) is 12.3. The Kier molecular flexibility index (Phi) is 6.87. The fourth-order valence-corrected chi connectivity index (χ4v) is 3.64. The van der Waals surface area contributed by atoms with Crippen LogP contribution in [0.5, 0.6) is 0 Å². The molecule has 0 aliphatic carbocycles. The molecule has 2 amide bonds. The van der Waals surface area contributed by atoms with E-state index in [1.807, 2.05) is 42.5 Å². The van der Waals surface area contributed by atoms with Crippen molar-refractivity contribution < 1.29 is 14.7 Å². The van der Waals surface area contributed by atoms with E-state index < -0.39 is 0 Å². The van der Waals surface area contributed by atoms with Crippen LogP contribution >= 0.6 is 0 Å². The van der Waals surface area contributed by atoms with E-state index in [4.69, 9.17) is 0 Å². The molecule has 0 spiro atoms. The zero-order chi connectivity index (χ0) is 19.3. The van der Waals surface area contributed by atoms with Crippen LogP contribution in [-0.2, 0) is 11.8 Å². The van der Waals surface area contributed by atoms with Crippen molar-refractivity contribution in [2.75, 3.05) is 19.7 Å². The highest BCUT2D eigenvalue weighted by atomic mass is 16.3. The summed E-state index contributed by atoms with van der Waals surface area (Å²) in [6.07, 6.45) is 4.77. The predicted octanol–water partition coefficient (Wildman–Crippen LogP) is 2.63. The summed E-state index contributed by atoms with van der Waals surface area (Å²) < 4.78 is 1.92. The Morgan fingerprint density at radius 1 is 1.31 bits per heavy atom. The second kappa shape index (κ2) is 8.71. The lowest BCUT2D eigenvalue weighted by atomic mass is 9.89. The van der Waals surface area contributed by atoms with E-state index in [9.17, 15) is 14.7 Å². The first kappa shape index (κ1) is 20.5. The van der Waals surface area contributed by atoms with Crippen LogP contribution in [0.15, 0.2) is 12.1 Å². The van der Waals surface area contributed by atoms with Crippen LogP contribution in [0.2, 0.25) is 0 Å². The lowest BCUT2D eigenvalue weighted by molar-refractivity contribution is -0.132. The third-order valence-corrected chi connectivity index (χ3v) is 5.39. The molecule has 2 N–H and O–H groups in total. The molecular weight excluding hydrogens is 330 g/mol. The van der Waals surface area contributed by atoms with Crippen LogP contribution in [0.4, 0.5) is 0 Å². The number of aliphatic hydroxyl groups is 1. The topological polar surface area (TPSA) is 74.6 Å². The third kappa shape index (κ3) is 4.87. The summed E-state index contributed by atoms with van der Waals surface area (Å²) in [6.45, 7) is 7.17. The van der Waals surface area contributed by atoms with Crippen molar-refractivity contribution >= 4 is 11.8 Å². The van der Waals surface area contributed by atoms with Crippen LogP contribution in [0, 0.1) is 5.41 Å². The van der Waals surface area contributed by atoms with Crippen LogP contribution in [0.1, 0.15) is 75.1 Å². The van der Waals surface area contributed by atoms with Crippen LogP contribution in [0.25, 0.3) is 0 Å². The number of carbonyl (C=O) groups is 2. The Morgan fingerprint density at radius 3 is 2.69 bits per heavy atom. The van der Waals surface area contributed by atoms with Crippen LogP contribution in [0.3, 0.4) is 0 Å². The number of nitrogens with one attached hydrogen (secondary N) is 1. The largest absolute Gasteiger partial charge is 0.396 e. The summed E-state index contributed by atoms with van der Waals surface area (Å²) in [4.78, 5) is 26.4. The number of hydrogen-bond donors (Lipinski definition) is 2. The van der Waals surface area contributed by atoms with Crippen LogP contribution < -0.4 is 5.32 Å². The smallest absolute Gasteiger partial charge is 0.267 e. The van der Waals surface area contributed by atoms with Gasteiger partial charge in [0.1, 0.15) is 5.69 Å². The molecule has 2 heterocycles. The molecule has 6 nitrogen and oxygen atoms in total. The van der Waals surface area contributed by atoms with Gasteiger partial charge in [0.05, 0.1) is 6.04 Å². The molecule has 26 heavy (non-hydrogen) atoms. The number of rotatable bonds is 7. The molecule has 1 aliphatic rings. The molecule has 1 aliphatic heterocycles. The lowest BCUT2D eigenvalue weighted by Gasteiger charge is -2.35. The highest BCUT2D eigenvalue weighted by Crippen LogP contribution is 2.31. The number of carbonyl (C=O) groups excluding carboxylic acids is 2. The minimum atomic E-state index is -0.111.